The van der Waals surface area contributed by atoms with Crippen molar-refractivity contribution in [3.05, 3.63) is 0 Å². The largest absolute Gasteiger partial charge is 0.385 e. The molecule has 2 unspecified atom stereocenters. The fraction of sp³-hybridized carbons (Fsp3) is 1.00. The summed E-state index contributed by atoms with van der Waals surface area (Å²) in [6, 6.07) is 0.675. The third kappa shape index (κ3) is 3.94. The summed E-state index contributed by atoms with van der Waals surface area (Å²) in [6.45, 7) is 2.09. The first-order valence-electron chi connectivity index (χ1n) is 7.03. The molecule has 0 saturated heterocycles. The average Bonchev–Trinajstić information content (AvgIpc) is 3.15. The Morgan fingerprint density at radius 1 is 1.24 bits per heavy atom. The van der Waals surface area contributed by atoms with Crippen molar-refractivity contribution in [3.8, 4) is 0 Å². The lowest BCUT2D eigenvalue weighted by atomic mass is 9.92. The highest BCUT2D eigenvalue weighted by molar-refractivity contribution is 4.95. The van der Waals surface area contributed by atoms with Crippen LogP contribution in [0.5, 0.6) is 0 Å². The number of hydrogen-bond acceptors (Lipinski definition) is 3. The SMILES string of the molecule is COCCC1(CNC2CCCC(OC)C2)CC1. The second-order valence-electron chi connectivity index (χ2n) is 5.84. The third-order valence-electron chi connectivity index (χ3n) is 4.52. The number of rotatable bonds is 7. The Kier molecular flexibility index (Phi) is 4.83. The van der Waals surface area contributed by atoms with E-state index in [1.165, 1.54) is 51.5 Å². The van der Waals surface area contributed by atoms with Crippen LogP contribution in [-0.2, 0) is 9.47 Å². The van der Waals surface area contributed by atoms with Gasteiger partial charge in [0.25, 0.3) is 0 Å². The highest BCUT2D eigenvalue weighted by atomic mass is 16.5. The molecule has 3 heteroatoms. The zero-order chi connectivity index (χ0) is 12.1. The molecule has 0 aromatic carbocycles. The lowest BCUT2D eigenvalue weighted by Gasteiger charge is -2.30. The first-order valence-corrected chi connectivity index (χ1v) is 7.03. The Bertz CT molecular complexity index is 228. The maximum Gasteiger partial charge on any atom is 0.0586 e. The first kappa shape index (κ1) is 13.3. The molecule has 3 nitrogen and oxygen atoms in total. The normalized spacial score (nSPS) is 31.4. The van der Waals surface area contributed by atoms with Crippen molar-refractivity contribution in [2.75, 3.05) is 27.4 Å². The van der Waals surface area contributed by atoms with Crippen LogP contribution in [0.15, 0.2) is 0 Å². The van der Waals surface area contributed by atoms with E-state index in [0.29, 0.717) is 17.6 Å². The maximum absolute atomic E-state index is 5.47. The van der Waals surface area contributed by atoms with Crippen LogP contribution in [0, 0.1) is 5.41 Å². The lowest BCUT2D eigenvalue weighted by molar-refractivity contribution is 0.0575. The molecule has 0 aromatic heterocycles. The fourth-order valence-corrected chi connectivity index (χ4v) is 2.92. The van der Waals surface area contributed by atoms with Crippen molar-refractivity contribution in [2.45, 2.75) is 57.1 Å². The standard InChI is InChI=1S/C14H27NO2/c1-16-9-8-14(6-7-14)11-15-12-4-3-5-13(10-12)17-2/h12-13,15H,3-11H2,1-2H3. The van der Waals surface area contributed by atoms with E-state index in [1.807, 2.05) is 7.11 Å². The molecule has 2 rings (SSSR count). The summed E-state index contributed by atoms with van der Waals surface area (Å²) in [5.74, 6) is 0. The van der Waals surface area contributed by atoms with Crippen LogP contribution in [-0.4, -0.2) is 39.5 Å². The van der Waals surface area contributed by atoms with Crippen molar-refractivity contribution < 1.29 is 9.47 Å². The van der Waals surface area contributed by atoms with Gasteiger partial charge < -0.3 is 14.8 Å². The molecule has 1 N–H and O–H groups in total. The molecule has 17 heavy (non-hydrogen) atoms. The van der Waals surface area contributed by atoms with E-state index in [4.69, 9.17) is 9.47 Å². The molecule has 2 aliphatic carbocycles. The van der Waals surface area contributed by atoms with E-state index in [0.717, 1.165) is 6.61 Å². The summed E-state index contributed by atoms with van der Waals surface area (Å²) in [6.07, 6.45) is 9.52. The molecule has 0 bridgehead atoms. The molecule has 0 aliphatic heterocycles. The van der Waals surface area contributed by atoms with Crippen LogP contribution in [0.2, 0.25) is 0 Å². The quantitative estimate of drug-likeness (QED) is 0.742. The van der Waals surface area contributed by atoms with Gasteiger partial charge in [-0.1, -0.05) is 0 Å². The molecule has 0 heterocycles. The topological polar surface area (TPSA) is 30.5 Å². The Balaban J connectivity index is 1.67. The van der Waals surface area contributed by atoms with Gasteiger partial charge in [-0.15, -0.1) is 0 Å². The van der Waals surface area contributed by atoms with Gasteiger partial charge in [-0.2, -0.15) is 0 Å². The van der Waals surface area contributed by atoms with E-state index >= 15 is 0 Å². The molecule has 0 radical (unpaired) electrons. The number of methoxy groups -OCH3 is 2. The fourth-order valence-electron chi connectivity index (χ4n) is 2.92. The Morgan fingerprint density at radius 2 is 2.06 bits per heavy atom. The number of hydrogen-bond donors (Lipinski definition) is 1. The molecule has 0 amide bonds. The highest BCUT2D eigenvalue weighted by Crippen LogP contribution is 2.48. The molecular weight excluding hydrogens is 214 g/mol. The molecule has 2 saturated carbocycles. The third-order valence-corrected chi connectivity index (χ3v) is 4.52. The molecule has 0 spiro atoms. The predicted molar refractivity (Wildman–Crippen MR) is 69.2 cm³/mol. The van der Waals surface area contributed by atoms with Crippen LogP contribution >= 0.6 is 0 Å². The monoisotopic (exact) mass is 241 g/mol. The van der Waals surface area contributed by atoms with Crippen LogP contribution in [0.4, 0.5) is 0 Å². The van der Waals surface area contributed by atoms with E-state index in [1.54, 1.807) is 7.11 Å². The number of nitrogens with one attached hydrogen (secondary N) is 1. The van der Waals surface area contributed by atoms with Gasteiger partial charge >= 0.3 is 0 Å². The molecular formula is C14H27NO2. The lowest BCUT2D eigenvalue weighted by Crippen LogP contribution is -2.39. The number of ether oxygens (including phenoxy) is 2. The molecule has 2 fully saturated rings. The summed E-state index contributed by atoms with van der Waals surface area (Å²) in [5.41, 5.74) is 0.566. The first-order chi connectivity index (χ1) is 8.28. The second-order valence-corrected chi connectivity index (χ2v) is 5.84. The van der Waals surface area contributed by atoms with Gasteiger partial charge in [0.15, 0.2) is 0 Å². The van der Waals surface area contributed by atoms with Crippen LogP contribution in [0.3, 0.4) is 0 Å². The Hall–Kier alpha value is -0.120. The summed E-state index contributed by atoms with van der Waals surface area (Å²) in [4.78, 5) is 0. The minimum absolute atomic E-state index is 0.482. The van der Waals surface area contributed by atoms with Gasteiger partial charge in [0.2, 0.25) is 0 Å². The van der Waals surface area contributed by atoms with Gasteiger partial charge in [0.05, 0.1) is 6.10 Å². The maximum atomic E-state index is 5.47. The Morgan fingerprint density at radius 3 is 2.71 bits per heavy atom. The van der Waals surface area contributed by atoms with E-state index in [2.05, 4.69) is 5.32 Å². The minimum Gasteiger partial charge on any atom is -0.385 e. The minimum atomic E-state index is 0.482. The zero-order valence-electron chi connectivity index (χ0n) is 11.3. The van der Waals surface area contributed by atoms with Crippen molar-refractivity contribution in [3.63, 3.8) is 0 Å². The van der Waals surface area contributed by atoms with Crippen LogP contribution < -0.4 is 5.32 Å². The molecule has 0 aromatic rings. The van der Waals surface area contributed by atoms with Crippen LogP contribution in [0.1, 0.15) is 44.9 Å². The summed E-state index contributed by atoms with van der Waals surface area (Å²) in [7, 11) is 3.64. The predicted octanol–water partition coefficient (Wildman–Crippen LogP) is 2.35. The summed E-state index contributed by atoms with van der Waals surface area (Å²) in [5, 5.41) is 3.76. The zero-order valence-corrected chi connectivity index (χ0v) is 11.3. The molecule has 2 atom stereocenters. The summed E-state index contributed by atoms with van der Waals surface area (Å²) >= 11 is 0. The van der Waals surface area contributed by atoms with Gasteiger partial charge in [-0.3, -0.25) is 0 Å². The van der Waals surface area contributed by atoms with Gasteiger partial charge in [0.1, 0.15) is 0 Å². The van der Waals surface area contributed by atoms with Gasteiger partial charge in [-0.25, -0.2) is 0 Å². The van der Waals surface area contributed by atoms with Crippen molar-refractivity contribution >= 4 is 0 Å². The van der Waals surface area contributed by atoms with Crippen molar-refractivity contribution in [1.82, 2.24) is 5.32 Å². The average molecular weight is 241 g/mol. The summed E-state index contributed by atoms with van der Waals surface area (Å²) < 4.78 is 10.7. The van der Waals surface area contributed by atoms with E-state index < -0.39 is 0 Å². The smallest absolute Gasteiger partial charge is 0.0586 e. The van der Waals surface area contributed by atoms with Gasteiger partial charge in [-0.05, 0) is 50.4 Å². The van der Waals surface area contributed by atoms with Crippen molar-refractivity contribution in [1.29, 1.82) is 0 Å². The van der Waals surface area contributed by atoms with Crippen molar-refractivity contribution in [2.24, 2.45) is 5.41 Å². The van der Waals surface area contributed by atoms with E-state index in [-0.39, 0.29) is 0 Å². The molecule has 100 valence electrons. The second kappa shape index (κ2) is 6.17. The Labute approximate surface area is 105 Å². The van der Waals surface area contributed by atoms with Gasteiger partial charge in [0, 0.05) is 33.4 Å². The van der Waals surface area contributed by atoms with Crippen LogP contribution in [0.25, 0.3) is 0 Å². The van der Waals surface area contributed by atoms with E-state index in [9.17, 15) is 0 Å². The highest BCUT2D eigenvalue weighted by Gasteiger charge is 2.42. The molecule has 2 aliphatic rings.